The fourth-order valence-electron chi connectivity index (χ4n) is 0.469. The first-order chi connectivity index (χ1) is 3.68. The van der Waals surface area contributed by atoms with Gasteiger partial charge in [-0.15, -0.1) is 0 Å². The van der Waals surface area contributed by atoms with E-state index in [1.165, 1.54) is 18.4 Å². The molecule has 0 unspecified atom stereocenters. The molecule has 0 saturated carbocycles. The van der Waals surface area contributed by atoms with Gasteiger partial charge >= 0.3 is 0 Å². The molecule has 48 valence electrons. The normalized spacial score (nSPS) is 9.00. The zero-order valence-corrected chi connectivity index (χ0v) is 8.34. The standard InChI is InChI=1S/C6H10Br2/c1-3-4-5(2)6(7)8/h3-4H2,1-2H3. The summed E-state index contributed by atoms with van der Waals surface area (Å²) in [6.07, 6.45) is 2.39. The second-order valence-electron chi connectivity index (χ2n) is 1.79. The van der Waals surface area contributed by atoms with E-state index in [9.17, 15) is 0 Å². The van der Waals surface area contributed by atoms with Gasteiger partial charge in [0.25, 0.3) is 0 Å². The Morgan fingerprint density at radius 1 is 1.38 bits per heavy atom. The Hall–Kier alpha value is 0.700. The molecule has 0 aromatic carbocycles. The first-order valence-electron chi connectivity index (χ1n) is 2.69. The number of rotatable bonds is 2. The number of hydrogen-bond acceptors (Lipinski definition) is 0. The molecule has 8 heavy (non-hydrogen) atoms. The van der Waals surface area contributed by atoms with Crippen molar-refractivity contribution in [2.75, 3.05) is 0 Å². The van der Waals surface area contributed by atoms with E-state index in [0.29, 0.717) is 0 Å². The maximum Gasteiger partial charge on any atom is 0.0593 e. The number of allylic oxidation sites excluding steroid dienone is 1. The summed E-state index contributed by atoms with van der Waals surface area (Å²) in [6, 6.07) is 0. The molecule has 0 aromatic heterocycles. The second kappa shape index (κ2) is 4.57. The summed E-state index contributed by atoms with van der Waals surface area (Å²) in [6.45, 7) is 4.29. The SMILES string of the molecule is CCCC(C)=C(Br)Br. The highest BCUT2D eigenvalue weighted by Gasteiger charge is 1.90. The minimum atomic E-state index is 1.10. The van der Waals surface area contributed by atoms with E-state index in [4.69, 9.17) is 0 Å². The van der Waals surface area contributed by atoms with Crippen molar-refractivity contribution in [3.8, 4) is 0 Å². The average molecular weight is 242 g/mol. The van der Waals surface area contributed by atoms with Crippen molar-refractivity contribution in [3.63, 3.8) is 0 Å². The van der Waals surface area contributed by atoms with Crippen molar-refractivity contribution in [2.45, 2.75) is 26.7 Å². The zero-order chi connectivity index (χ0) is 6.57. The van der Waals surface area contributed by atoms with Crippen molar-refractivity contribution < 1.29 is 0 Å². The van der Waals surface area contributed by atoms with Gasteiger partial charge in [-0.2, -0.15) is 0 Å². The molecule has 0 aliphatic carbocycles. The van der Waals surface area contributed by atoms with Crippen LogP contribution in [0.3, 0.4) is 0 Å². The van der Waals surface area contributed by atoms with Gasteiger partial charge in [0.05, 0.1) is 3.39 Å². The topological polar surface area (TPSA) is 0 Å². The minimum absolute atomic E-state index is 1.10. The Labute approximate surface area is 67.6 Å². The Morgan fingerprint density at radius 2 is 1.88 bits per heavy atom. The van der Waals surface area contributed by atoms with E-state index in [2.05, 4.69) is 45.7 Å². The summed E-state index contributed by atoms with van der Waals surface area (Å²) in [5.41, 5.74) is 1.38. The molecule has 0 atom stereocenters. The Bertz CT molecular complexity index is 90.7. The van der Waals surface area contributed by atoms with E-state index in [-0.39, 0.29) is 0 Å². The number of halogens is 2. The van der Waals surface area contributed by atoms with Crippen molar-refractivity contribution in [1.82, 2.24) is 0 Å². The highest BCUT2D eigenvalue weighted by Crippen LogP contribution is 2.21. The van der Waals surface area contributed by atoms with Crippen molar-refractivity contribution in [1.29, 1.82) is 0 Å². The Morgan fingerprint density at radius 3 is 2.00 bits per heavy atom. The lowest BCUT2D eigenvalue weighted by atomic mass is 10.2. The second-order valence-corrected chi connectivity index (χ2v) is 4.44. The molecule has 0 fully saturated rings. The van der Waals surface area contributed by atoms with Gasteiger partial charge in [0.15, 0.2) is 0 Å². The van der Waals surface area contributed by atoms with Crippen molar-refractivity contribution in [2.24, 2.45) is 0 Å². The summed E-state index contributed by atoms with van der Waals surface area (Å²) in [5, 5.41) is 0. The van der Waals surface area contributed by atoms with Gasteiger partial charge in [-0.05, 0) is 45.2 Å². The van der Waals surface area contributed by atoms with Crippen LogP contribution in [0.4, 0.5) is 0 Å². The monoisotopic (exact) mass is 240 g/mol. The maximum atomic E-state index is 3.34. The highest BCUT2D eigenvalue weighted by atomic mass is 79.9. The molecule has 0 bridgehead atoms. The molecule has 0 radical (unpaired) electrons. The number of hydrogen-bond donors (Lipinski definition) is 0. The average Bonchev–Trinajstić information content (AvgIpc) is 1.67. The smallest absolute Gasteiger partial charge is 0.0593 e. The van der Waals surface area contributed by atoms with E-state index in [0.717, 1.165) is 3.39 Å². The van der Waals surface area contributed by atoms with Crippen molar-refractivity contribution in [3.05, 3.63) is 8.96 Å². The van der Waals surface area contributed by atoms with E-state index in [1.807, 2.05) is 0 Å². The van der Waals surface area contributed by atoms with Crippen LogP contribution in [0.15, 0.2) is 8.96 Å². The van der Waals surface area contributed by atoms with Gasteiger partial charge < -0.3 is 0 Å². The summed E-state index contributed by atoms with van der Waals surface area (Å²) in [4.78, 5) is 0. The molecule has 0 spiro atoms. The third kappa shape index (κ3) is 3.67. The Balaban J connectivity index is 3.62. The van der Waals surface area contributed by atoms with Crippen LogP contribution in [0.2, 0.25) is 0 Å². The maximum absolute atomic E-state index is 3.34. The van der Waals surface area contributed by atoms with E-state index >= 15 is 0 Å². The third-order valence-electron chi connectivity index (χ3n) is 0.948. The molecule has 0 aromatic rings. The Kier molecular flexibility index (Phi) is 4.97. The largest absolute Gasteiger partial charge is 0.0651 e. The van der Waals surface area contributed by atoms with Gasteiger partial charge in [0, 0.05) is 0 Å². The lowest BCUT2D eigenvalue weighted by molar-refractivity contribution is 0.907. The molecular weight excluding hydrogens is 232 g/mol. The molecule has 0 aliphatic heterocycles. The van der Waals surface area contributed by atoms with E-state index < -0.39 is 0 Å². The molecule has 0 rings (SSSR count). The summed E-state index contributed by atoms with van der Waals surface area (Å²) in [5.74, 6) is 0. The van der Waals surface area contributed by atoms with Crippen LogP contribution in [0.5, 0.6) is 0 Å². The minimum Gasteiger partial charge on any atom is -0.0651 e. The third-order valence-corrected chi connectivity index (χ3v) is 2.30. The van der Waals surface area contributed by atoms with Crippen LogP contribution in [-0.4, -0.2) is 0 Å². The highest BCUT2D eigenvalue weighted by molar-refractivity contribution is 9.28. The van der Waals surface area contributed by atoms with Crippen LogP contribution in [-0.2, 0) is 0 Å². The van der Waals surface area contributed by atoms with Crippen LogP contribution in [0.25, 0.3) is 0 Å². The molecule has 0 saturated heterocycles. The predicted octanol–water partition coefficient (Wildman–Crippen LogP) is 3.81. The van der Waals surface area contributed by atoms with Gasteiger partial charge in [-0.1, -0.05) is 18.9 Å². The quantitative estimate of drug-likeness (QED) is 0.690. The summed E-state index contributed by atoms with van der Waals surface area (Å²) < 4.78 is 1.10. The first-order valence-corrected chi connectivity index (χ1v) is 4.27. The van der Waals surface area contributed by atoms with Crippen molar-refractivity contribution >= 4 is 31.9 Å². The van der Waals surface area contributed by atoms with Gasteiger partial charge in [-0.25, -0.2) is 0 Å². The van der Waals surface area contributed by atoms with Gasteiger partial charge in [0.1, 0.15) is 0 Å². The van der Waals surface area contributed by atoms with Gasteiger partial charge in [-0.3, -0.25) is 0 Å². The van der Waals surface area contributed by atoms with E-state index in [1.54, 1.807) is 0 Å². The molecule has 0 N–H and O–H groups in total. The first kappa shape index (κ1) is 8.70. The summed E-state index contributed by atoms with van der Waals surface area (Å²) in [7, 11) is 0. The van der Waals surface area contributed by atoms with Crippen LogP contribution in [0.1, 0.15) is 26.7 Å². The fourth-order valence-corrected chi connectivity index (χ4v) is 0.866. The fraction of sp³-hybridized carbons (Fsp3) is 0.667. The predicted molar refractivity (Wildman–Crippen MR) is 45.5 cm³/mol. The molecular formula is C6H10Br2. The van der Waals surface area contributed by atoms with Crippen LogP contribution >= 0.6 is 31.9 Å². The zero-order valence-electron chi connectivity index (χ0n) is 5.17. The van der Waals surface area contributed by atoms with Crippen LogP contribution in [0, 0.1) is 0 Å². The molecule has 0 aliphatic rings. The molecule has 0 heterocycles. The van der Waals surface area contributed by atoms with Crippen LogP contribution < -0.4 is 0 Å². The van der Waals surface area contributed by atoms with Gasteiger partial charge in [0.2, 0.25) is 0 Å². The molecule has 0 nitrogen and oxygen atoms in total. The lowest BCUT2D eigenvalue weighted by Crippen LogP contribution is -1.72. The lowest BCUT2D eigenvalue weighted by Gasteiger charge is -1.95. The molecule has 2 heteroatoms. The molecule has 0 amide bonds. The summed E-state index contributed by atoms with van der Waals surface area (Å²) >= 11 is 6.67.